The summed E-state index contributed by atoms with van der Waals surface area (Å²) in [6.07, 6.45) is 6.44. The van der Waals surface area contributed by atoms with E-state index in [2.05, 4.69) is 45.5 Å². The number of carbonyl (C=O) groups is 1. The van der Waals surface area contributed by atoms with Gasteiger partial charge in [-0.05, 0) is 35.2 Å². The highest BCUT2D eigenvalue weighted by Crippen LogP contribution is 2.25. The predicted molar refractivity (Wildman–Crippen MR) is 101 cm³/mol. The molecule has 3 aromatic rings. The van der Waals surface area contributed by atoms with Crippen LogP contribution in [0.1, 0.15) is 41.3 Å². The van der Waals surface area contributed by atoms with Crippen molar-refractivity contribution in [2.75, 3.05) is 5.32 Å². The quantitative estimate of drug-likeness (QED) is 0.711. The predicted octanol–water partition coefficient (Wildman–Crippen LogP) is 3.67. The Labute approximate surface area is 152 Å². The van der Waals surface area contributed by atoms with Crippen molar-refractivity contribution in [3.8, 4) is 0 Å². The highest BCUT2D eigenvalue weighted by molar-refractivity contribution is 5.93. The molecule has 0 aliphatic carbocycles. The van der Waals surface area contributed by atoms with E-state index >= 15 is 0 Å². The van der Waals surface area contributed by atoms with Crippen molar-refractivity contribution in [1.82, 2.24) is 20.3 Å². The lowest BCUT2D eigenvalue weighted by Crippen LogP contribution is -2.23. The van der Waals surface area contributed by atoms with Gasteiger partial charge in [-0.25, -0.2) is 9.97 Å². The molecule has 0 radical (unpaired) electrons. The van der Waals surface area contributed by atoms with Crippen molar-refractivity contribution in [2.45, 2.75) is 26.3 Å². The number of aromatic nitrogens is 3. The van der Waals surface area contributed by atoms with E-state index in [-0.39, 0.29) is 5.91 Å². The van der Waals surface area contributed by atoms with Gasteiger partial charge in [-0.15, -0.1) is 0 Å². The molecule has 6 heteroatoms. The molecule has 0 unspecified atom stereocenters. The first-order valence-corrected chi connectivity index (χ1v) is 8.48. The molecule has 0 saturated heterocycles. The summed E-state index contributed by atoms with van der Waals surface area (Å²) in [5, 5.41) is 6.06. The minimum Gasteiger partial charge on any atom is -0.348 e. The van der Waals surface area contributed by atoms with Gasteiger partial charge in [0.15, 0.2) is 0 Å². The fraction of sp³-hybridized carbons (Fsp3) is 0.200. The van der Waals surface area contributed by atoms with Gasteiger partial charge < -0.3 is 10.6 Å². The summed E-state index contributed by atoms with van der Waals surface area (Å²) in [4.78, 5) is 24.7. The molecule has 132 valence electrons. The molecule has 0 fully saturated rings. The van der Waals surface area contributed by atoms with Crippen LogP contribution in [0.4, 0.5) is 11.6 Å². The zero-order valence-electron chi connectivity index (χ0n) is 14.8. The maximum absolute atomic E-state index is 12.2. The van der Waals surface area contributed by atoms with E-state index in [1.807, 2.05) is 30.3 Å². The van der Waals surface area contributed by atoms with Crippen LogP contribution in [0.25, 0.3) is 0 Å². The second kappa shape index (κ2) is 8.20. The Bertz CT molecular complexity index is 863. The average molecular weight is 347 g/mol. The van der Waals surface area contributed by atoms with Crippen molar-refractivity contribution >= 4 is 17.5 Å². The number of para-hydroxylation sites is 1. The summed E-state index contributed by atoms with van der Waals surface area (Å²) in [6, 6.07) is 11.8. The number of hydrogen-bond donors (Lipinski definition) is 2. The van der Waals surface area contributed by atoms with Crippen LogP contribution in [-0.4, -0.2) is 20.9 Å². The Kier molecular flexibility index (Phi) is 5.53. The molecule has 0 aliphatic heterocycles. The number of pyridine rings is 1. The normalized spacial score (nSPS) is 10.6. The van der Waals surface area contributed by atoms with Crippen LogP contribution in [0.3, 0.4) is 0 Å². The van der Waals surface area contributed by atoms with Crippen LogP contribution in [-0.2, 0) is 6.54 Å². The number of hydrogen-bond acceptors (Lipinski definition) is 5. The molecule has 0 atom stereocenters. The molecule has 2 heterocycles. The fourth-order valence-electron chi connectivity index (χ4n) is 2.53. The van der Waals surface area contributed by atoms with Crippen molar-refractivity contribution < 1.29 is 4.79 Å². The summed E-state index contributed by atoms with van der Waals surface area (Å²) in [7, 11) is 0. The Morgan fingerprint density at radius 3 is 2.42 bits per heavy atom. The van der Waals surface area contributed by atoms with E-state index in [0.717, 1.165) is 11.3 Å². The molecule has 1 amide bonds. The third-order valence-electron chi connectivity index (χ3n) is 3.95. The first-order chi connectivity index (χ1) is 12.6. The number of benzene rings is 1. The molecule has 26 heavy (non-hydrogen) atoms. The summed E-state index contributed by atoms with van der Waals surface area (Å²) in [5.41, 5.74) is 3.56. The third kappa shape index (κ3) is 4.42. The Hall–Kier alpha value is -3.28. The van der Waals surface area contributed by atoms with Gasteiger partial charge in [0.25, 0.3) is 5.91 Å². The number of anilines is 2. The van der Waals surface area contributed by atoms with Gasteiger partial charge in [0.05, 0.1) is 5.56 Å². The summed E-state index contributed by atoms with van der Waals surface area (Å²) in [5.74, 6) is 0.636. The first kappa shape index (κ1) is 17.5. The number of nitrogens with zero attached hydrogens (tertiary/aromatic N) is 3. The zero-order chi connectivity index (χ0) is 18.4. The highest BCUT2D eigenvalue weighted by Gasteiger charge is 2.09. The van der Waals surface area contributed by atoms with Crippen LogP contribution in [0.5, 0.6) is 0 Å². The second-order valence-electron chi connectivity index (χ2n) is 6.20. The van der Waals surface area contributed by atoms with Crippen molar-refractivity contribution in [1.29, 1.82) is 0 Å². The molecule has 2 N–H and O–H groups in total. The van der Waals surface area contributed by atoms with Crippen LogP contribution < -0.4 is 10.6 Å². The van der Waals surface area contributed by atoms with Gasteiger partial charge in [-0.2, -0.15) is 0 Å². The molecular formula is C20H21N5O. The lowest BCUT2D eigenvalue weighted by atomic mass is 10.0. The third-order valence-corrected chi connectivity index (χ3v) is 3.95. The number of nitrogens with one attached hydrogen (secondary N) is 2. The summed E-state index contributed by atoms with van der Waals surface area (Å²) < 4.78 is 0. The number of rotatable bonds is 6. The van der Waals surface area contributed by atoms with Crippen LogP contribution in [0.2, 0.25) is 0 Å². The Balaban J connectivity index is 1.64. The minimum absolute atomic E-state index is 0.212. The maximum Gasteiger partial charge on any atom is 0.254 e. The first-order valence-electron chi connectivity index (χ1n) is 8.48. The van der Waals surface area contributed by atoms with Gasteiger partial charge >= 0.3 is 0 Å². The molecule has 6 nitrogen and oxygen atoms in total. The van der Waals surface area contributed by atoms with Crippen molar-refractivity contribution in [3.05, 3.63) is 77.9 Å². The molecule has 3 rings (SSSR count). The monoisotopic (exact) mass is 347 g/mol. The van der Waals surface area contributed by atoms with E-state index in [1.54, 1.807) is 12.4 Å². The van der Waals surface area contributed by atoms with Gasteiger partial charge in [-0.1, -0.05) is 32.0 Å². The SMILES string of the molecule is CC(C)c1ccccc1Nc1ncc(C(=O)NCc2ccncc2)cn1. The molecule has 1 aromatic carbocycles. The van der Waals surface area contributed by atoms with E-state index < -0.39 is 0 Å². The second-order valence-corrected chi connectivity index (χ2v) is 6.20. The molecule has 2 aromatic heterocycles. The topological polar surface area (TPSA) is 79.8 Å². The number of amides is 1. The number of carbonyl (C=O) groups excluding carboxylic acids is 1. The van der Waals surface area contributed by atoms with Gasteiger partial charge in [0, 0.05) is 37.0 Å². The zero-order valence-corrected chi connectivity index (χ0v) is 14.8. The maximum atomic E-state index is 12.2. The van der Waals surface area contributed by atoms with Crippen LogP contribution in [0.15, 0.2) is 61.2 Å². The highest BCUT2D eigenvalue weighted by atomic mass is 16.1. The lowest BCUT2D eigenvalue weighted by Gasteiger charge is -2.13. The standard InChI is InChI=1S/C20H21N5O/c1-14(2)17-5-3-4-6-18(17)25-20-23-12-16(13-24-20)19(26)22-11-15-7-9-21-10-8-15/h3-10,12-14H,11H2,1-2H3,(H,22,26)(H,23,24,25). The van der Waals surface area contributed by atoms with Gasteiger partial charge in [-0.3, -0.25) is 9.78 Å². The van der Waals surface area contributed by atoms with Gasteiger partial charge in [0.2, 0.25) is 5.95 Å². The minimum atomic E-state index is -0.212. The molecule has 0 bridgehead atoms. The van der Waals surface area contributed by atoms with E-state index in [1.165, 1.54) is 18.0 Å². The molecule has 0 saturated carbocycles. The molecule has 0 spiro atoms. The molecular weight excluding hydrogens is 326 g/mol. The van der Waals surface area contributed by atoms with E-state index in [4.69, 9.17) is 0 Å². The van der Waals surface area contributed by atoms with E-state index in [0.29, 0.717) is 24.0 Å². The fourth-order valence-corrected chi connectivity index (χ4v) is 2.53. The molecule has 0 aliphatic rings. The summed E-state index contributed by atoms with van der Waals surface area (Å²) >= 11 is 0. The van der Waals surface area contributed by atoms with E-state index in [9.17, 15) is 4.79 Å². The Morgan fingerprint density at radius 1 is 1.04 bits per heavy atom. The lowest BCUT2D eigenvalue weighted by molar-refractivity contribution is 0.0950. The smallest absolute Gasteiger partial charge is 0.254 e. The van der Waals surface area contributed by atoms with Crippen molar-refractivity contribution in [3.63, 3.8) is 0 Å². The van der Waals surface area contributed by atoms with Crippen LogP contribution >= 0.6 is 0 Å². The van der Waals surface area contributed by atoms with Gasteiger partial charge in [0.1, 0.15) is 0 Å². The Morgan fingerprint density at radius 2 is 1.73 bits per heavy atom. The summed E-state index contributed by atoms with van der Waals surface area (Å²) in [6.45, 7) is 4.71. The largest absolute Gasteiger partial charge is 0.348 e. The average Bonchev–Trinajstić information content (AvgIpc) is 2.68. The van der Waals surface area contributed by atoms with Crippen molar-refractivity contribution in [2.24, 2.45) is 0 Å². The van der Waals surface area contributed by atoms with Crippen LogP contribution in [0, 0.1) is 0 Å².